The van der Waals surface area contributed by atoms with Crippen LogP contribution in [0.15, 0.2) is 24.5 Å². The van der Waals surface area contributed by atoms with Crippen molar-refractivity contribution >= 4 is 5.97 Å². The van der Waals surface area contributed by atoms with Crippen LogP contribution in [0.2, 0.25) is 0 Å². The van der Waals surface area contributed by atoms with Gasteiger partial charge in [-0.1, -0.05) is 18.9 Å². The van der Waals surface area contributed by atoms with Crippen molar-refractivity contribution in [2.75, 3.05) is 27.2 Å². The number of halogens is 1. The van der Waals surface area contributed by atoms with Gasteiger partial charge in [0, 0.05) is 25.2 Å². The zero-order valence-corrected chi connectivity index (χ0v) is 17.9. The molecular weight excluding hydrogens is 427 g/mol. The molecule has 2 fully saturated rings. The third-order valence-electron chi connectivity index (χ3n) is 6.24. The van der Waals surface area contributed by atoms with Crippen LogP contribution in [0, 0.1) is 5.92 Å². The average Bonchev–Trinajstić information content (AvgIpc) is 3.12. The molecule has 1 aromatic rings. The number of pyridine rings is 1. The number of nitrogens with zero attached hydrogens (tertiary/aromatic N) is 2. The van der Waals surface area contributed by atoms with Crippen LogP contribution in [-0.2, 0) is 14.9 Å². The van der Waals surface area contributed by atoms with Gasteiger partial charge in [0.2, 0.25) is 0 Å². The Morgan fingerprint density at radius 1 is 1.20 bits per heavy atom. The molecule has 1 saturated heterocycles. The van der Waals surface area contributed by atoms with Gasteiger partial charge in [-0.15, -0.1) is 0 Å². The molecule has 3 rings (SSSR count). The molecule has 140 valence electrons. The number of carbonyl (C=O) groups is 1. The number of hydrogen-bond donors (Lipinski definition) is 0. The predicted octanol–water partition coefficient (Wildman–Crippen LogP) is 0.316. The number of aromatic nitrogens is 1. The lowest BCUT2D eigenvalue weighted by Gasteiger charge is -2.39. The third-order valence-corrected chi connectivity index (χ3v) is 6.24. The Bertz CT molecular complexity index is 562. The highest BCUT2D eigenvalue weighted by atomic mass is 127. The van der Waals surface area contributed by atoms with E-state index in [0.29, 0.717) is 5.92 Å². The van der Waals surface area contributed by atoms with Crippen molar-refractivity contribution in [1.82, 2.24) is 4.98 Å². The van der Waals surface area contributed by atoms with E-state index in [0.717, 1.165) is 48.8 Å². The second kappa shape index (κ2) is 8.33. The number of piperidine rings is 1. The fourth-order valence-electron chi connectivity index (χ4n) is 4.33. The first-order valence-electron chi connectivity index (χ1n) is 9.35. The molecule has 1 atom stereocenters. The highest BCUT2D eigenvalue weighted by molar-refractivity contribution is 5.83. The summed E-state index contributed by atoms with van der Waals surface area (Å²) in [4.78, 5) is 17.5. The Labute approximate surface area is 169 Å². The summed E-state index contributed by atoms with van der Waals surface area (Å²) in [6, 6.07) is 3.96. The number of quaternary nitrogens is 1. The Morgan fingerprint density at radius 3 is 2.40 bits per heavy atom. The second-order valence-electron chi connectivity index (χ2n) is 8.41. The van der Waals surface area contributed by atoms with Crippen LogP contribution in [0.5, 0.6) is 0 Å². The van der Waals surface area contributed by atoms with E-state index in [-0.39, 0.29) is 36.0 Å². The van der Waals surface area contributed by atoms with E-state index < -0.39 is 5.41 Å². The van der Waals surface area contributed by atoms with Gasteiger partial charge in [0.1, 0.15) is 6.10 Å². The lowest BCUT2D eigenvalue weighted by Crippen LogP contribution is -3.00. The van der Waals surface area contributed by atoms with Crippen LogP contribution in [0.4, 0.5) is 0 Å². The van der Waals surface area contributed by atoms with E-state index in [2.05, 4.69) is 26.0 Å². The molecule has 1 aliphatic carbocycles. The topological polar surface area (TPSA) is 39.2 Å². The third kappa shape index (κ3) is 4.54. The number of carbonyl (C=O) groups excluding carboxylic acids is 1. The standard InChI is InChI=1S/C20H31N2O2.HI/c1-20(16-7-4-5-8-16,17-9-6-12-21-15-17)19(23)24-18-10-13-22(2,3)14-11-18;/h6,9,12,15-16,18H,4-5,7-8,10-11,13-14H2,1-3H3;1H/q+1;/p-1. The molecule has 0 N–H and O–H groups in total. The van der Waals surface area contributed by atoms with E-state index in [1.165, 1.54) is 12.8 Å². The molecule has 1 aromatic heterocycles. The SMILES string of the molecule is CC(C(=O)OC1CC[N+](C)(C)CC1)(c1cccnc1)C1CCCC1.[I-]. The molecule has 2 heterocycles. The number of ether oxygens (including phenoxy) is 1. The molecule has 1 unspecified atom stereocenters. The Balaban J connectivity index is 0.00000225. The van der Waals surface area contributed by atoms with Gasteiger partial charge in [-0.05, 0) is 37.3 Å². The molecular formula is C20H31IN2O2. The molecule has 4 nitrogen and oxygen atoms in total. The monoisotopic (exact) mass is 458 g/mol. The molecule has 0 radical (unpaired) electrons. The maximum absolute atomic E-state index is 13.2. The summed E-state index contributed by atoms with van der Waals surface area (Å²) in [6.07, 6.45) is 10.3. The molecule has 2 aliphatic rings. The summed E-state index contributed by atoms with van der Waals surface area (Å²) in [7, 11) is 4.49. The van der Waals surface area contributed by atoms with Gasteiger partial charge < -0.3 is 33.2 Å². The van der Waals surface area contributed by atoms with Gasteiger partial charge >= 0.3 is 5.97 Å². The average molecular weight is 458 g/mol. The molecule has 0 aromatic carbocycles. The normalized spacial score (nSPS) is 23.5. The highest BCUT2D eigenvalue weighted by Crippen LogP contribution is 2.43. The van der Waals surface area contributed by atoms with Crippen LogP contribution in [0.3, 0.4) is 0 Å². The highest BCUT2D eigenvalue weighted by Gasteiger charge is 2.46. The quantitative estimate of drug-likeness (QED) is 0.371. The largest absolute Gasteiger partial charge is 1.00 e. The number of hydrogen-bond acceptors (Lipinski definition) is 3. The Morgan fingerprint density at radius 2 is 1.84 bits per heavy atom. The van der Waals surface area contributed by atoms with Crippen LogP contribution in [-0.4, -0.2) is 48.7 Å². The van der Waals surface area contributed by atoms with Gasteiger partial charge in [0.25, 0.3) is 0 Å². The molecule has 0 amide bonds. The molecule has 25 heavy (non-hydrogen) atoms. The molecule has 1 aliphatic heterocycles. The summed E-state index contributed by atoms with van der Waals surface area (Å²) in [5.41, 5.74) is 0.445. The smallest absolute Gasteiger partial charge is 0.316 e. The van der Waals surface area contributed by atoms with E-state index in [1.807, 2.05) is 18.3 Å². The Kier molecular flexibility index (Phi) is 6.87. The van der Waals surface area contributed by atoms with Crippen molar-refractivity contribution < 1.29 is 38.0 Å². The Hall–Kier alpha value is -0.690. The van der Waals surface area contributed by atoms with Gasteiger partial charge in [0.15, 0.2) is 0 Å². The molecule has 1 saturated carbocycles. The van der Waals surface area contributed by atoms with Crippen LogP contribution in [0.1, 0.15) is 51.0 Å². The summed E-state index contributed by atoms with van der Waals surface area (Å²) >= 11 is 0. The molecule has 5 heteroatoms. The zero-order chi connectivity index (χ0) is 17.2. The van der Waals surface area contributed by atoms with Crippen molar-refractivity contribution in [2.45, 2.75) is 57.0 Å². The van der Waals surface area contributed by atoms with Crippen LogP contribution in [0.25, 0.3) is 0 Å². The first kappa shape index (κ1) is 20.6. The van der Waals surface area contributed by atoms with Crippen molar-refractivity contribution in [3.63, 3.8) is 0 Å². The van der Waals surface area contributed by atoms with Crippen molar-refractivity contribution in [3.05, 3.63) is 30.1 Å². The van der Waals surface area contributed by atoms with Crippen LogP contribution < -0.4 is 24.0 Å². The van der Waals surface area contributed by atoms with Gasteiger partial charge in [-0.2, -0.15) is 0 Å². The van der Waals surface area contributed by atoms with Gasteiger partial charge in [-0.25, -0.2) is 0 Å². The molecule has 0 spiro atoms. The van der Waals surface area contributed by atoms with Crippen molar-refractivity contribution in [3.8, 4) is 0 Å². The van der Waals surface area contributed by atoms with Gasteiger partial charge in [-0.3, -0.25) is 9.78 Å². The van der Waals surface area contributed by atoms with E-state index in [1.54, 1.807) is 6.20 Å². The minimum atomic E-state index is -0.563. The van der Waals surface area contributed by atoms with Gasteiger partial charge in [0.05, 0.1) is 32.6 Å². The van der Waals surface area contributed by atoms with E-state index in [4.69, 9.17) is 4.74 Å². The molecule has 0 bridgehead atoms. The maximum atomic E-state index is 13.2. The van der Waals surface area contributed by atoms with E-state index >= 15 is 0 Å². The van der Waals surface area contributed by atoms with Crippen molar-refractivity contribution in [2.24, 2.45) is 5.92 Å². The zero-order valence-electron chi connectivity index (χ0n) is 15.7. The fraction of sp³-hybridized carbons (Fsp3) is 0.700. The number of rotatable bonds is 4. The first-order chi connectivity index (χ1) is 11.4. The second-order valence-corrected chi connectivity index (χ2v) is 8.41. The summed E-state index contributed by atoms with van der Waals surface area (Å²) in [5.74, 6) is 0.324. The lowest BCUT2D eigenvalue weighted by atomic mass is 9.71. The summed E-state index contributed by atoms with van der Waals surface area (Å²) in [5, 5.41) is 0. The summed E-state index contributed by atoms with van der Waals surface area (Å²) < 4.78 is 7.06. The minimum absolute atomic E-state index is 0. The van der Waals surface area contributed by atoms with Crippen LogP contribution >= 0.6 is 0 Å². The maximum Gasteiger partial charge on any atom is 0.316 e. The van der Waals surface area contributed by atoms with Crippen molar-refractivity contribution in [1.29, 1.82) is 0 Å². The lowest BCUT2D eigenvalue weighted by molar-refractivity contribution is -0.896. The minimum Gasteiger partial charge on any atom is -1.00 e. The number of likely N-dealkylation sites (tertiary alicyclic amines) is 1. The summed E-state index contributed by atoms with van der Waals surface area (Å²) in [6.45, 7) is 4.22. The number of esters is 1. The van der Waals surface area contributed by atoms with E-state index in [9.17, 15) is 4.79 Å². The first-order valence-corrected chi connectivity index (χ1v) is 9.35. The predicted molar refractivity (Wildman–Crippen MR) is 94.5 cm³/mol. The fourth-order valence-corrected chi connectivity index (χ4v) is 4.33.